The van der Waals surface area contributed by atoms with E-state index in [1.54, 1.807) is 0 Å². The molecule has 0 N–H and O–H groups in total. The van der Waals surface area contributed by atoms with Gasteiger partial charge in [0.1, 0.15) is 0 Å². The van der Waals surface area contributed by atoms with Crippen molar-refractivity contribution < 1.29 is 79.5 Å². The van der Waals surface area contributed by atoms with Crippen LogP contribution in [0.1, 0.15) is 0 Å². The number of rotatable bonds is 0. The van der Waals surface area contributed by atoms with E-state index in [-0.39, 0.29) is 68.7 Å². The van der Waals surface area contributed by atoms with Crippen LogP contribution in [0, 0.1) is 0 Å². The molecule has 0 amide bonds. The normalized spacial score (nSPS) is 4.80. The van der Waals surface area contributed by atoms with E-state index in [0.29, 0.717) is 0 Å². The van der Waals surface area contributed by atoms with Crippen LogP contribution in [-0.2, 0) is 8.92 Å². The summed E-state index contributed by atoms with van der Waals surface area (Å²) in [6.45, 7) is 0. The van der Waals surface area contributed by atoms with Crippen molar-refractivity contribution in [3.8, 4) is 0 Å². The van der Waals surface area contributed by atoms with Crippen LogP contribution >= 0.6 is 0 Å². The molecule has 51 valence electrons. The summed E-state index contributed by atoms with van der Waals surface area (Å²) in [5, 5.41) is 0. The second kappa shape index (κ2) is 16.8. The van der Waals surface area contributed by atoms with Gasteiger partial charge in [0.15, 0.2) is 0 Å². The minimum absolute atomic E-state index is 0. The van der Waals surface area contributed by atoms with Gasteiger partial charge in [-0.3, -0.25) is 0 Å². The van der Waals surface area contributed by atoms with Crippen molar-refractivity contribution in [2.75, 3.05) is 0 Å². The van der Waals surface area contributed by atoms with Gasteiger partial charge in [-0.05, 0) is 0 Å². The Kier molecular flexibility index (Phi) is 37.8. The summed E-state index contributed by atoms with van der Waals surface area (Å²) in [6, 6.07) is 0. The molecule has 10 heteroatoms. The van der Waals surface area contributed by atoms with Gasteiger partial charge < -0.3 is 28.1 Å². The first-order chi connectivity index (χ1) is 3.46. The smallest absolute Gasteiger partial charge is 0.672 e. The molecule has 0 aliphatic heterocycles. The van der Waals surface area contributed by atoms with Gasteiger partial charge >= 0.3 is 51.4 Å². The molecule has 0 aliphatic carbocycles. The quantitative estimate of drug-likeness (QED) is 0.371. The Morgan fingerprint density at radius 2 is 0.800 bits per heavy atom. The van der Waals surface area contributed by atoms with Crippen LogP contribution in [0.2, 0.25) is 0 Å². The van der Waals surface area contributed by atoms with Crippen LogP contribution in [0.3, 0.4) is 0 Å². The van der Waals surface area contributed by atoms with E-state index in [2.05, 4.69) is 0 Å². The molecule has 0 aromatic carbocycles. The van der Waals surface area contributed by atoms with Gasteiger partial charge in [0.2, 0.25) is 0 Å². The molecule has 0 aromatic rings. The van der Waals surface area contributed by atoms with Crippen molar-refractivity contribution in [1.82, 2.24) is 0 Å². The number of hydrogen-bond acceptors (Lipinski definition) is 6. The van der Waals surface area contributed by atoms with Crippen molar-refractivity contribution in [1.29, 1.82) is 0 Å². The predicted octanol–water partition coefficient (Wildman–Crippen LogP) is -9.13. The van der Waals surface area contributed by atoms with E-state index < -0.39 is 18.3 Å². The average molecular weight is 218 g/mol. The Balaban J connectivity index is -0.0000000300. The standard InChI is InChI=1S/Al.K.2O3Si/c;;2*1-4(2)3/q;+1;2*-2. The van der Waals surface area contributed by atoms with Crippen molar-refractivity contribution in [3.05, 3.63) is 0 Å². The summed E-state index contributed by atoms with van der Waals surface area (Å²) < 4.78 is 17.0. The van der Waals surface area contributed by atoms with Crippen molar-refractivity contribution >= 4 is 35.7 Å². The molecule has 0 aromatic heterocycles. The zero-order valence-electron chi connectivity index (χ0n) is 5.03. The zero-order valence-corrected chi connectivity index (χ0v) is 11.3. The molecule has 3 radical (unpaired) electrons. The first-order valence-electron chi connectivity index (χ1n) is 1.22. The van der Waals surface area contributed by atoms with Gasteiger partial charge in [0, 0.05) is 35.7 Å². The Hall–Kier alpha value is 1.40. The average Bonchev–Trinajstić information content (AvgIpc) is 1.25. The minimum Gasteiger partial charge on any atom is -0.672 e. The van der Waals surface area contributed by atoms with Gasteiger partial charge in [-0.25, -0.2) is 0 Å². The SMILES string of the molecule is O=[Si]([O-])[O-].O=[Si]([O-])[O-].[Al].[K+]. The largest absolute Gasteiger partial charge is 1.00 e. The summed E-state index contributed by atoms with van der Waals surface area (Å²) >= 11 is 0. The molecular weight excluding hydrogens is 218 g/mol. The molecule has 10 heavy (non-hydrogen) atoms. The van der Waals surface area contributed by atoms with Gasteiger partial charge in [-0.1, -0.05) is 0 Å². The van der Waals surface area contributed by atoms with E-state index in [0.717, 1.165) is 0 Å². The molecule has 0 atom stereocenters. The van der Waals surface area contributed by atoms with Gasteiger partial charge in [-0.2, -0.15) is 0 Å². The van der Waals surface area contributed by atoms with Crippen molar-refractivity contribution in [2.24, 2.45) is 0 Å². The maximum Gasteiger partial charge on any atom is 1.00 e. The van der Waals surface area contributed by atoms with Crippen LogP contribution in [0.25, 0.3) is 0 Å². The fourth-order valence-corrected chi connectivity index (χ4v) is 0. The Bertz CT molecular complexity index is 73.7. The van der Waals surface area contributed by atoms with Gasteiger partial charge in [0.25, 0.3) is 0 Å². The van der Waals surface area contributed by atoms with Crippen LogP contribution in [-0.4, -0.2) is 35.7 Å². The molecule has 0 bridgehead atoms. The predicted molar refractivity (Wildman–Crippen MR) is 18.6 cm³/mol. The van der Waals surface area contributed by atoms with E-state index in [9.17, 15) is 0 Å². The Morgan fingerprint density at radius 1 is 0.800 bits per heavy atom. The first-order valence-corrected chi connectivity index (χ1v) is 3.67. The zero-order chi connectivity index (χ0) is 7.15. The second-order valence-electron chi connectivity index (χ2n) is 0.500. The molecular formula is AlKO6Si2-3. The molecule has 6 nitrogen and oxygen atoms in total. The Morgan fingerprint density at radius 3 is 0.800 bits per heavy atom. The Labute approximate surface area is 113 Å². The van der Waals surface area contributed by atoms with E-state index in [4.69, 9.17) is 28.1 Å². The van der Waals surface area contributed by atoms with Crippen LogP contribution in [0.5, 0.6) is 0 Å². The van der Waals surface area contributed by atoms with Crippen molar-refractivity contribution in [3.63, 3.8) is 0 Å². The third kappa shape index (κ3) is 337. The van der Waals surface area contributed by atoms with Crippen LogP contribution < -0.4 is 70.6 Å². The number of hydrogen-bond donors (Lipinski definition) is 0. The second-order valence-corrected chi connectivity index (χ2v) is 1.50. The molecule has 0 spiro atoms. The van der Waals surface area contributed by atoms with E-state index >= 15 is 0 Å². The topological polar surface area (TPSA) is 126 Å². The maximum atomic E-state index is 8.52. The third-order valence-corrected chi connectivity index (χ3v) is 0. The van der Waals surface area contributed by atoms with Gasteiger partial charge in [0.05, 0.1) is 0 Å². The summed E-state index contributed by atoms with van der Waals surface area (Å²) in [5.41, 5.74) is 0. The van der Waals surface area contributed by atoms with E-state index in [1.807, 2.05) is 0 Å². The monoisotopic (exact) mass is 218 g/mol. The summed E-state index contributed by atoms with van der Waals surface area (Å²) in [6.07, 6.45) is 0. The summed E-state index contributed by atoms with van der Waals surface area (Å²) in [7, 11) is -7.26. The fourth-order valence-electron chi connectivity index (χ4n) is 0. The third-order valence-electron chi connectivity index (χ3n) is 0. The molecule has 0 saturated heterocycles. The molecule has 0 heterocycles. The van der Waals surface area contributed by atoms with Crippen LogP contribution in [0.4, 0.5) is 0 Å². The molecule has 0 saturated carbocycles. The van der Waals surface area contributed by atoms with Crippen LogP contribution in [0.15, 0.2) is 0 Å². The fraction of sp³-hybridized carbons (Fsp3) is 0. The molecule has 0 unspecified atom stereocenters. The summed E-state index contributed by atoms with van der Waals surface area (Å²) in [4.78, 5) is 34.1. The molecule has 0 aliphatic rings. The molecule has 0 rings (SSSR count). The molecule has 0 fully saturated rings. The first kappa shape index (κ1) is 22.5. The van der Waals surface area contributed by atoms with Gasteiger partial charge in [-0.15, -0.1) is 0 Å². The summed E-state index contributed by atoms with van der Waals surface area (Å²) in [5.74, 6) is 0. The van der Waals surface area contributed by atoms with Crippen molar-refractivity contribution in [2.45, 2.75) is 0 Å². The van der Waals surface area contributed by atoms with E-state index in [1.165, 1.54) is 0 Å². The maximum absolute atomic E-state index is 8.52. The minimum atomic E-state index is -3.63.